The van der Waals surface area contributed by atoms with Gasteiger partial charge in [-0.25, -0.2) is 4.79 Å². The lowest BCUT2D eigenvalue weighted by molar-refractivity contribution is -0.129. The fourth-order valence-electron chi connectivity index (χ4n) is 2.22. The Morgan fingerprint density at radius 2 is 2.39 bits per heavy atom. The molecular weight excluding hydrogens is 244 g/mol. The van der Waals surface area contributed by atoms with E-state index in [1.807, 2.05) is 23.9 Å². The van der Waals surface area contributed by atoms with E-state index in [-0.39, 0.29) is 5.97 Å². The molecule has 1 unspecified atom stereocenters. The maximum Gasteiger partial charge on any atom is 0.335 e. The van der Waals surface area contributed by atoms with E-state index in [9.17, 15) is 4.79 Å². The normalized spacial score (nSPS) is 18.7. The van der Waals surface area contributed by atoms with Crippen molar-refractivity contribution in [2.75, 3.05) is 5.75 Å². The molecule has 2 nitrogen and oxygen atoms in total. The van der Waals surface area contributed by atoms with Crippen LogP contribution < -0.4 is 4.74 Å². The fourth-order valence-corrected chi connectivity index (χ4v) is 3.40. The number of rotatable bonds is 3. The number of ether oxygens (including phenoxy) is 1. The third kappa shape index (κ3) is 2.96. The molecule has 1 atom stereocenters. The number of hydrogen-bond acceptors (Lipinski definition) is 3. The molecule has 1 aliphatic heterocycles. The smallest absolute Gasteiger partial charge is 0.335 e. The third-order valence-corrected chi connectivity index (χ3v) is 4.28. The lowest BCUT2D eigenvalue weighted by atomic mass is 9.93. The van der Waals surface area contributed by atoms with Crippen LogP contribution in [0.3, 0.4) is 0 Å². The number of carbonyl (C=O) groups is 1. The second-order valence-electron chi connectivity index (χ2n) is 4.36. The molecule has 96 valence electrons. The Morgan fingerprint density at radius 1 is 1.56 bits per heavy atom. The minimum absolute atomic E-state index is 0.311. The average Bonchev–Trinajstić information content (AvgIpc) is 2.38. The molecule has 1 aromatic carbocycles. The van der Waals surface area contributed by atoms with Gasteiger partial charge in [-0.2, -0.15) is 0 Å². The van der Waals surface area contributed by atoms with Crippen LogP contribution in [0.25, 0.3) is 0 Å². The molecule has 2 rings (SSSR count). The molecule has 0 saturated heterocycles. The first-order valence-electron chi connectivity index (χ1n) is 6.35. The van der Waals surface area contributed by atoms with Crippen LogP contribution in [0.2, 0.25) is 0 Å². The highest BCUT2D eigenvalue weighted by Gasteiger charge is 2.20. The predicted octanol–water partition coefficient (Wildman–Crippen LogP) is 4.16. The molecule has 3 heteroatoms. The van der Waals surface area contributed by atoms with E-state index in [0.717, 1.165) is 6.42 Å². The average molecular weight is 262 g/mol. The molecule has 18 heavy (non-hydrogen) atoms. The molecule has 0 bridgehead atoms. The maximum absolute atomic E-state index is 11.4. The van der Waals surface area contributed by atoms with Crippen molar-refractivity contribution < 1.29 is 9.53 Å². The number of allylic oxidation sites excluding steroid dienone is 1. The van der Waals surface area contributed by atoms with Crippen LogP contribution in [0.4, 0.5) is 0 Å². The van der Waals surface area contributed by atoms with Crippen LogP contribution in [0, 0.1) is 0 Å². The van der Waals surface area contributed by atoms with Crippen molar-refractivity contribution in [3.8, 4) is 5.75 Å². The minimum Gasteiger partial charge on any atom is -0.423 e. The van der Waals surface area contributed by atoms with Crippen LogP contribution in [-0.2, 0) is 4.79 Å². The van der Waals surface area contributed by atoms with Gasteiger partial charge in [0.05, 0.1) is 0 Å². The molecule has 0 amide bonds. The first kappa shape index (κ1) is 13.2. The van der Waals surface area contributed by atoms with Gasteiger partial charge in [-0.15, -0.1) is 11.8 Å². The molecule has 0 fully saturated rings. The molecule has 1 aliphatic rings. The van der Waals surface area contributed by atoms with E-state index in [1.54, 1.807) is 13.0 Å². The highest BCUT2D eigenvalue weighted by atomic mass is 32.2. The summed E-state index contributed by atoms with van der Waals surface area (Å²) in [6, 6.07) is 5.97. The van der Waals surface area contributed by atoms with E-state index >= 15 is 0 Å². The Morgan fingerprint density at radius 3 is 3.11 bits per heavy atom. The van der Waals surface area contributed by atoms with Crippen LogP contribution in [0.15, 0.2) is 35.2 Å². The van der Waals surface area contributed by atoms with Crippen LogP contribution in [0.5, 0.6) is 5.75 Å². The number of hydrogen-bond donors (Lipinski definition) is 0. The molecule has 0 radical (unpaired) electrons. The summed E-state index contributed by atoms with van der Waals surface area (Å²) in [4.78, 5) is 12.7. The van der Waals surface area contributed by atoms with E-state index in [4.69, 9.17) is 4.74 Å². The summed E-state index contributed by atoms with van der Waals surface area (Å²) >= 11 is 1.89. The van der Waals surface area contributed by atoms with Gasteiger partial charge >= 0.3 is 5.97 Å². The molecule has 0 aromatic heterocycles. The van der Waals surface area contributed by atoms with Gasteiger partial charge in [0, 0.05) is 11.0 Å². The Bertz CT molecular complexity index is 466. The van der Waals surface area contributed by atoms with Crippen LogP contribution >= 0.6 is 11.8 Å². The van der Waals surface area contributed by atoms with E-state index in [2.05, 4.69) is 13.0 Å². The standard InChI is InChI=1S/C15H18O2S/c1-3-5-15(16)17-12-6-7-14-13(10-12)11(4-2)8-9-18-14/h3,5-7,10-11H,4,8-9H2,1-2H3/b5-3+. The Hall–Kier alpha value is -1.22. The van der Waals surface area contributed by atoms with Crippen molar-refractivity contribution in [3.63, 3.8) is 0 Å². The van der Waals surface area contributed by atoms with Gasteiger partial charge in [0.15, 0.2) is 0 Å². The van der Waals surface area contributed by atoms with E-state index in [1.165, 1.54) is 28.7 Å². The highest BCUT2D eigenvalue weighted by molar-refractivity contribution is 7.99. The summed E-state index contributed by atoms with van der Waals surface area (Å²) in [5.41, 5.74) is 1.33. The number of carbonyl (C=O) groups excluding carboxylic acids is 1. The zero-order valence-corrected chi connectivity index (χ0v) is 11.6. The lowest BCUT2D eigenvalue weighted by Crippen LogP contribution is -2.08. The second-order valence-corrected chi connectivity index (χ2v) is 5.50. The molecular formula is C15H18O2S. The molecule has 1 heterocycles. The van der Waals surface area contributed by atoms with Crippen molar-refractivity contribution in [1.82, 2.24) is 0 Å². The van der Waals surface area contributed by atoms with Crippen LogP contribution in [0.1, 0.15) is 38.2 Å². The van der Waals surface area contributed by atoms with E-state index < -0.39 is 0 Å². The predicted molar refractivity (Wildman–Crippen MR) is 75.3 cm³/mol. The SMILES string of the molecule is C/C=C/C(=O)Oc1ccc2c(c1)C(CC)CCS2. The maximum atomic E-state index is 11.4. The minimum atomic E-state index is -0.311. The Labute approximate surface area is 112 Å². The van der Waals surface area contributed by atoms with Crippen molar-refractivity contribution >= 4 is 17.7 Å². The summed E-state index contributed by atoms with van der Waals surface area (Å²) in [6.07, 6.45) is 5.47. The lowest BCUT2D eigenvalue weighted by Gasteiger charge is -2.24. The largest absolute Gasteiger partial charge is 0.423 e. The van der Waals surface area contributed by atoms with Gasteiger partial charge in [0.2, 0.25) is 0 Å². The summed E-state index contributed by atoms with van der Waals surface area (Å²) in [6.45, 7) is 4.01. The van der Waals surface area contributed by atoms with Crippen molar-refractivity contribution in [2.24, 2.45) is 0 Å². The number of fused-ring (bicyclic) bond motifs is 1. The summed E-state index contributed by atoms with van der Waals surface area (Å²) < 4.78 is 5.28. The van der Waals surface area contributed by atoms with Gasteiger partial charge in [0.1, 0.15) is 5.75 Å². The zero-order valence-electron chi connectivity index (χ0n) is 10.8. The Balaban J connectivity index is 2.22. The van der Waals surface area contributed by atoms with Gasteiger partial charge in [-0.05, 0) is 55.2 Å². The molecule has 0 N–H and O–H groups in total. The zero-order chi connectivity index (χ0) is 13.0. The molecule has 0 spiro atoms. The van der Waals surface area contributed by atoms with Gasteiger partial charge in [-0.1, -0.05) is 13.0 Å². The van der Waals surface area contributed by atoms with Crippen LogP contribution in [-0.4, -0.2) is 11.7 Å². The van der Waals surface area contributed by atoms with E-state index in [0.29, 0.717) is 11.7 Å². The fraction of sp³-hybridized carbons (Fsp3) is 0.400. The monoisotopic (exact) mass is 262 g/mol. The van der Waals surface area contributed by atoms with Crippen molar-refractivity contribution in [1.29, 1.82) is 0 Å². The van der Waals surface area contributed by atoms with Crippen molar-refractivity contribution in [2.45, 2.75) is 37.5 Å². The van der Waals surface area contributed by atoms with Gasteiger partial charge in [0.25, 0.3) is 0 Å². The quantitative estimate of drug-likeness (QED) is 0.465. The summed E-state index contributed by atoms with van der Waals surface area (Å²) in [5, 5.41) is 0. The highest BCUT2D eigenvalue weighted by Crippen LogP contribution is 2.40. The molecule has 0 aliphatic carbocycles. The second kappa shape index (κ2) is 6.10. The molecule has 0 saturated carbocycles. The van der Waals surface area contributed by atoms with Gasteiger partial charge < -0.3 is 4.74 Å². The molecule has 1 aromatic rings. The Kier molecular flexibility index (Phi) is 4.48. The summed E-state index contributed by atoms with van der Waals surface area (Å²) in [5.74, 6) is 2.12. The number of esters is 1. The van der Waals surface area contributed by atoms with Crippen molar-refractivity contribution in [3.05, 3.63) is 35.9 Å². The first-order chi connectivity index (χ1) is 8.74. The number of benzene rings is 1. The van der Waals surface area contributed by atoms with Gasteiger partial charge in [-0.3, -0.25) is 0 Å². The topological polar surface area (TPSA) is 26.3 Å². The first-order valence-corrected chi connectivity index (χ1v) is 7.34. The summed E-state index contributed by atoms with van der Waals surface area (Å²) in [7, 11) is 0. The third-order valence-electron chi connectivity index (χ3n) is 3.16. The number of thioether (sulfide) groups is 1.